The molecule has 2 aliphatic rings. The molecule has 9 heteroatoms. The summed E-state index contributed by atoms with van der Waals surface area (Å²) in [5.41, 5.74) is 2.97. The van der Waals surface area contributed by atoms with Crippen LogP contribution in [-0.4, -0.2) is 78.4 Å². The lowest BCUT2D eigenvalue weighted by Crippen LogP contribution is -2.49. The molecule has 172 valence electrons. The number of rotatable bonds is 7. The fraction of sp³-hybridized carbons (Fsp3) is 0.478. The number of fused-ring (bicyclic) bond motifs is 1. The number of piperazine rings is 1. The van der Waals surface area contributed by atoms with Gasteiger partial charge in [0.2, 0.25) is 0 Å². The number of para-hydroxylation sites is 1. The van der Waals surface area contributed by atoms with Crippen LogP contribution in [0.2, 0.25) is 0 Å². The molecule has 2 aromatic rings. The molecule has 0 bridgehead atoms. The van der Waals surface area contributed by atoms with E-state index in [2.05, 4.69) is 20.1 Å². The minimum absolute atomic E-state index is 0.119. The maximum Gasteiger partial charge on any atom is 0.318 e. The second-order valence-electron chi connectivity index (χ2n) is 8.25. The summed E-state index contributed by atoms with van der Waals surface area (Å²) in [6.45, 7) is 5.12. The van der Waals surface area contributed by atoms with E-state index < -0.39 is 6.10 Å². The van der Waals surface area contributed by atoms with Crippen LogP contribution in [0.3, 0.4) is 0 Å². The van der Waals surface area contributed by atoms with E-state index in [0.717, 1.165) is 43.0 Å². The maximum absolute atomic E-state index is 14.0. The molecule has 2 amide bonds. The zero-order valence-corrected chi connectivity index (χ0v) is 18.3. The third kappa shape index (κ3) is 5.11. The molecule has 8 nitrogen and oxygen atoms in total. The van der Waals surface area contributed by atoms with E-state index >= 15 is 0 Å². The van der Waals surface area contributed by atoms with Crippen LogP contribution in [0.25, 0.3) is 0 Å². The minimum Gasteiger partial charge on any atom is -0.492 e. The van der Waals surface area contributed by atoms with Crippen LogP contribution in [0.5, 0.6) is 5.75 Å². The highest BCUT2D eigenvalue weighted by molar-refractivity contribution is 5.75. The van der Waals surface area contributed by atoms with Gasteiger partial charge >= 0.3 is 6.03 Å². The van der Waals surface area contributed by atoms with Crippen molar-refractivity contribution in [1.29, 1.82) is 0 Å². The standard InChI is InChI=1S/C23H30FN5O3/c1-32-22-20(24)3-2-4-21(22)28-11-9-27(10-12-28)16-19(30)6-8-26-23(31)29-14-17-5-7-25-13-18(17)15-29/h2-5,7,13,19,30H,6,8-12,14-16H2,1H3,(H,26,31)/t19-/m1/s1. The van der Waals surface area contributed by atoms with Crippen LogP contribution in [0.4, 0.5) is 14.9 Å². The van der Waals surface area contributed by atoms with Crippen LogP contribution in [-0.2, 0) is 13.1 Å². The summed E-state index contributed by atoms with van der Waals surface area (Å²) in [5.74, 6) is -0.0894. The van der Waals surface area contributed by atoms with Gasteiger partial charge in [0, 0.05) is 64.8 Å². The molecule has 32 heavy (non-hydrogen) atoms. The maximum atomic E-state index is 14.0. The van der Waals surface area contributed by atoms with E-state index in [4.69, 9.17) is 4.74 Å². The molecule has 0 spiro atoms. The Bertz CT molecular complexity index is 911. The second kappa shape index (κ2) is 10.1. The van der Waals surface area contributed by atoms with Crippen molar-refractivity contribution >= 4 is 11.7 Å². The summed E-state index contributed by atoms with van der Waals surface area (Å²) in [7, 11) is 1.48. The molecular weight excluding hydrogens is 413 g/mol. The third-order valence-corrected chi connectivity index (χ3v) is 6.10. The van der Waals surface area contributed by atoms with Crippen LogP contribution in [0.1, 0.15) is 17.5 Å². The van der Waals surface area contributed by atoms with Crippen molar-refractivity contribution in [2.75, 3.05) is 51.3 Å². The lowest BCUT2D eigenvalue weighted by Gasteiger charge is -2.37. The fourth-order valence-electron chi connectivity index (χ4n) is 4.33. The second-order valence-corrected chi connectivity index (χ2v) is 8.25. The Morgan fingerprint density at radius 1 is 1.22 bits per heavy atom. The number of aliphatic hydroxyl groups excluding tert-OH is 1. The number of nitrogens with one attached hydrogen (secondary N) is 1. The molecule has 2 aliphatic heterocycles. The lowest BCUT2D eigenvalue weighted by molar-refractivity contribution is 0.102. The van der Waals surface area contributed by atoms with Gasteiger partial charge in [-0.1, -0.05) is 6.07 Å². The van der Waals surface area contributed by atoms with E-state index in [1.165, 1.54) is 13.2 Å². The Hall–Kier alpha value is -2.91. The molecule has 1 aromatic carbocycles. The highest BCUT2D eigenvalue weighted by atomic mass is 19.1. The van der Waals surface area contributed by atoms with Gasteiger partial charge in [0.05, 0.1) is 18.9 Å². The van der Waals surface area contributed by atoms with Gasteiger partial charge in [0.1, 0.15) is 0 Å². The first-order valence-electron chi connectivity index (χ1n) is 11.0. The minimum atomic E-state index is -0.523. The van der Waals surface area contributed by atoms with Gasteiger partial charge in [-0.3, -0.25) is 9.88 Å². The predicted molar refractivity (Wildman–Crippen MR) is 119 cm³/mol. The normalized spacial score (nSPS) is 17.2. The Morgan fingerprint density at radius 3 is 2.75 bits per heavy atom. The van der Waals surface area contributed by atoms with Crippen LogP contribution in [0, 0.1) is 5.82 Å². The third-order valence-electron chi connectivity index (χ3n) is 6.10. The van der Waals surface area contributed by atoms with Crippen molar-refractivity contribution in [3.05, 3.63) is 53.6 Å². The number of halogens is 1. The average molecular weight is 444 g/mol. The number of hydrogen-bond donors (Lipinski definition) is 2. The van der Waals surface area contributed by atoms with E-state index in [0.29, 0.717) is 32.6 Å². The van der Waals surface area contributed by atoms with Gasteiger partial charge < -0.3 is 25.0 Å². The first-order chi connectivity index (χ1) is 15.5. The molecule has 0 radical (unpaired) electrons. The number of carbonyl (C=O) groups excluding carboxylic acids is 1. The molecular formula is C23H30FN5O3. The number of carbonyl (C=O) groups is 1. The SMILES string of the molecule is COc1c(F)cccc1N1CCN(C[C@H](O)CCNC(=O)N2Cc3ccncc3C2)CC1. The number of ether oxygens (including phenoxy) is 1. The highest BCUT2D eigenvalue weighted by Gasteiger charge is 2.24. The van der Waals surface area contributed by atoms with Crippen molar-refractivity contribution in [1.82, 2.24) is 20.1 Å². The van der Waals surface area contributed by atoms with E-state index in [9.17, 15) is 14.3 Å². The summed E-state index contributed by atoms with van der Waals surface area (Å²) >= 11 is 0. The zero-order valence-electron chi connectivity index (χ0n) is 18.3. The van der Waals surface area contributed by atoms with Crippen LogP contribution >= 0.6 is 0 Å². The number of benzene rings is 1. The lowest BCUT2D eigenvalue weighted by atomic mass is 10.2. The number of amides is 2. The Labute approximate surface area is 187 Å². The molecule has 1 atom stereocenters. The summed E-state index contributed by atoms with van der Waals surface area (Å²) in [6, 6.07) is 6.77. The first kappa shape index (κ1) is 22.3. The molecule has 1 saturated heterocycles. The van der Waals surface area contributed by atoms with Gasteiger partial charge in [0.15, 0.2) is 11.6 Å². The van der Waals surface area contributed by atoms with Crippen LogP contribution < -0.4 is 15.0 Å². The van der Waals surface area contributed by atoms with E-state index in [-0.39, 0.29) is 17.6 Å². The number of β-amino-alcohol motifs (C(OH)–C–C–N with tert-alkyl or cyclic N) is 1. The smallest absolute Gasteiger partial charge is 0.318 e. The molecule has 0 unspecified atom stereocenters. The molecule has 2 N–H and O–H groups in total. The fourth-order valence-corrected chi connectivity index (χ4v) is 4.33. The van der Waals surface area contributed by atoms with Crippen molar-refractivity contribution in [2.45, 2.75) is 25.6 Å². The molecule has 1 fully saturated rings. The Morgan fingerprint density at radius 2 is 2.00 bits per heavy atom. The number of pyridine rings is 1. The Balaban J connectivity index is 1.16. The van der Waals surface area contributed by atoms with Crippen molar-refractivity contribution in [3.63, 3.8) is 0 Å². The number of aromatic nitrogens is 1. The molecule has 4 rings (SSSR count). The van der Waals surface area contributed by atoms with Crippen molar-refractivity contribution < 1.29 is 19.0 Å². The van der Waals surface area contributed by atoms with Crippen molar-refractivity contribution in [2.24, 2.45) is 0 Å². The number of anilines is 1. The number of nitrogens with zero attached hydrogens (tertiary/aromatic N) is 4. The molecule has 0 saturated carbocycles. The zero-order chi connectivity index (χ0) is 22.5. The highest BCUT2D eigenvalue weighted by Crippen LogP contribution is 2.31. The first-order valence-corrected chi connectivity index (χ1v) is 11.0. The van der Waals surface area contributed by atoms with Crippen molar-refractivity contribution in [3.8, 4) is 5.75 Å². The number of urea groups is 1. The quantitative estimate of drug-likeness (QED) is 0.680. The monoisotopic (exact) mass is 443 g/mol. The average Bonchev–Trinajstić information content (AvgIpc) is 3.24. The van der Waals surface area contributed by atoms with E-state index in [1.54, 1.807) is 23.4 Å². The predicted octanol–water partition coefficient (Wildman–Crippen LogP) is 1.83. The summed E-state index contributed by atoms with van der Waals surface area (Å²) < 4.78 is 19.2. The topological polar surface area (TPSA) is 81.2 Å². The summed E-state index contributed by atoms with van der Waals surface area (Å²) in [4.78, 5) is 22.5. The Kier molecular flexibility index (Phi) is 7.06. The number of methoxy groups -OCH3 is 1. The van der Waals surface area contributed by atoms with Gasteiger partial charge in [-0.05, 0) is 35.7 Å². The largest absolute Gasteiger partial charge is 0.492 e. The molecule has 3 heterocycles. The van der Waals surface area contributed by atoms with Gasteiger partial charge in [-0.15, -0.1) is 0 Å². The number of aliphatic hydroxyl groups is 1. The van der Waals surface area contributed by atoms with E-state index in [1.807, 2.05) is 12.1 Å². The van der Waals surface area contributed by atoms with Gasteiger partial charge in [-0.25, -0.2) is 9.18 Å². The van der Waals surface area contributed by atoms with Crippen LogP contribution in [0.15, 0.2) is 36.7 Å². The van der Waals surface area contributed by atoms with Gasteiger partial charge in [0.25, 0.3) is 0 Å². The van der Waals surface area contributed by atoms with Gasteiger partial charge in [-0.2, -0.15) is 0 Å². The summed E-state index contributed by atoms with van der Waals surface area (Å²) in [6.07, 6.45) is 3.51. The number of hydrogen-bond acceptors (Lipinski definition) is 6. The molecule has 0 aliphatic carbocycles. The summed E-state index contributed by atoms with van der Waals surface area (Å²) in [5, 5.41) is 13.3. The molecule has 1 aromatic heterocycles.